The van der Waals surface area contributed by atoms with Crippen molar-refractivity contribution in [1.29, 1.82) is 0 Å². The summed E-state index contributed by atoms with van der Waals surface area (Å²) in [6.07, 6.45) is 0. The van der Waals surface area contributed by atoms with Crippen molar-refractivity contribution in [1.82, 2.24) is 0 Å². The third kappa shape index (κ3) is 4.71. The SMILES string of the molecule is O=C(Nc1ccccc1Cl)c1ccccc1NS(=O)(=O)c1cccc([N+](=O)[O-])c1. The van der Waals surface area contributed by atoms with Gasteiger partial charge in [-0.15, -0.1) is 0 Å². The van der Waals surface area contributed by atoms with E-state index in [0.717, 1.165) is 6.07 Å². The van der Waals surface area contributed by atoms with Gasteiger partial charge < -0.3 is 5.32 Å². The number of hydrogen-bond donors (Lipinski definition) is 2. The lowest BCUT2D eigenvalue weighted by Crippen LogP contribution is -2.18. The maximum absolute atomic E-state index is 12.7. The first-order valence-electron chi connectivity index (χ1n) is 8.20. The molecule has 0 bridgehead atoms. The van der Waals surface area contributed by atoms with E-state index in [1.807, 2.05) is 0 Å². The van der Waals surface area contributed by atoms with Crippen molar-refractivity contribution in [3.8, 4) is 0 Å². The predicted octanol–water partition coefficient (Wildman–Crippen LogP) is 4.30. The molecule has 3 aromatic rings. The number of nitro groups is 1. The van der Waals surface area contributed by atoms with Gasteiger partial charge in [0.05, 0.1) is 31.8 Å². The summed E-state index contributed by atoms with van der Waals surface area (Å²) in [6, 6.07) is 17.2. The van der Waals surface area contributed by atoms with Gasteiger partial charge in [-0.3, -0.25) is 19.6 Å². The second-order valence-electron chi connectivity index (χ2n) is 5.84. The molecule has 10 heteroatoms. The summed E-state index contributed by atoms with van der Waals surface area (Å²) in [5, 5.41) is 13.9. The van der Waals surface area contributed by atoms with Crippen molar-refractivity contribution in [3.63, 3.8) is 0 Å². The highest BCUT2D eigenvalue weighted by Gasteiger charge is 2.21. The predicted molar refractivity (Wildman–Crippen MR) is 110 cm³/mol. The first-order chi connectivity index (χ1) is 13.8. The van der Waals surface area contributed by atoms with Crippen LogP contribution in [0.3, 0.4) is 0 Å². The second-order valence-corrected chi connectivity index (χ2v) is 7.93. The Morgan fingerprint density at radius 1 is 0.931 bits per heavy atom. The standard InChI is InChI=1S/C19H14ClN3O5S/c20-16-9-2-4-11-18(16)21-19(24)15-8-1-3-10-17(15)22-29(27,28)14-7-5-6-13(12-14)23(25)26/h1-12,22H,(H,21,24). The molecule has 3 aromatic carbocycles. The zero-order valence-corrected chi connectivity index (χ0v) is 16.3. The van der Waals surface area contributed by atoms with Crippen molar-refractivity contribution in [2.75, 3.05) is 10.0 Å². The smallest absolute Gasteiger partial charge is 0.270 e. The van der Waals surface area contributed by atoms with Crippen molar-refractivity contribution in [3.05, 3.63) is 93.5 Å². The quantitative estimate of drug-likeness (QED) is 0.445. The third-order valence-electron chi connectivity index (χ3n) is 3.88. The molecule has 0 unspecified atom stereocenters. The fourth-order valence-electron chi connectivity index (χ4n) is 2.49. The highest BCUT2D eigenvalue weighted by atomic mass is 35.5. The Morgan fingerprint density at radius 2 is 1.59 bits per heavy atom. The molecule has 29 heavy (non-hydrogen) atoms. The molecule has 0 atom stereocenters. The molecule has 0 aliphatic rings. The maximum Gasteiger partial charge on any atom is 0.270 e. The second kappa shape index (κ2) is 8.29. The Labute approximate surface area is 171 Å². The summed E-state index contributed by atoms with van der Waals surface area (Å²) in [6.45, 7) is 0. The molecule has 0 saturated carbocycles. The average molecular weight is 432 g/mol. The number of carbonyl (C=O) groups excluding carboxylic acids is 1. The Bertz CT molecular complexity index is 1200. The normalized spacial score (nSPS) is 10.9. The lowest BCUT2D eigenvalue weighted by molar-refractivity contribution is -0.385. The van der Waals surface area contributed by atoms with Crippen LogP contribution in [-0.2, 0) is 10.0 Å². The maximum atomic E-state index is 12.7. The summed E-state index contributed by atoms with van der Waals surface area (Å²) in [7, 11) is -4.17. The van der Waals surface area contributed by atoms with Crippen LogP contribution >= 0.6 is 11.6 Å². The van der Waals surface area contributed by atoms with Gasteiger partial charge in [0, 0.05) is 12.1 Å². The molecular weight excluding hydrogens is 418 g/mol. The van der Waals surface area contributed by atoms with E-state index in [0.29, 0.717) is 10.7 Å². The number of anilines is 2. The minimum atomic E-state index is -4.17. The highest BCUT2D eigenvalue weighted by Crippen LogP contribution is 2.25. The van der Waals surface area contributed by atoms with Gasteiger partial charge in [0.1, 0.15) is 0 Å². The average Bonchev–Trinajstić information content (AvgIpc) is 2.70. The van der Waals surface area contributed by atoms with Crippen molar-refractivity contribution in [2.45, 2.75) is 4.90 Å². The summed E-state index contributed by atoms with van der Waals surface area (Å²) in [5.41, 5.74) is 0.0816. The molecule has 3 rings (SSSR count). The van der Waals surface area contributed by atoms with Gasteiger partial charge in [0.15, 0.2) is 0 Å². The van der Waals surface area contributed by atoms with Crippen LogP contribution in [0.4, 0.5) is 17.1 Å². The van der Waals surface area contributed by atoms with Gasteiger partial charge in [-0.05, 0) is 30.3 Å². The summed E-state index contributed by atoms with van der Waals surface area (Å²) in [4.78, 5) is 22.6. The zero-order chi connectivity index (χ0) is 21.0. The van der Waals surface area contributed by atoms with Crippen LogP contribution in [0.15, 0.2) is 77.7 Å². The molecular formula is C19H14ClN3O5S. The topological polar surface area (TPSA) is 118 Å². The molecule has 0 saturated heterocycles. The Morgan fingerprint density at radius 3 is 2.28 bits per heavy atom. The number of hydrogen-bond acceptors (Lipinski definition) is 5. The lowest BCUT2D eigenvalue weighted by atomic mass is 10.1. The highest BCUT2D eigenvalue weighted by molar-refractivity contribution is 7.92. The van der Waals surface area contributed by atoms with Crippen LogP contribution in [0, 0.1) is 10.1 Å². The van der Waals surface area contributed by atoms with Gasteiger partial charge in [0.25, 0.3) is 21.6 Å². The number of carbonyl (C=O) groups is 1. The minimum absolute atomic E-state index is 0.0172. The zero-order valence-electron chi connectivity index (χ0n) is 14.7. The van der Waals surface area contributed by atoms with Crippen molar-refractivity contribution < 1.29 is 18.1 Å². The number of nitrogens with one attached hydrogen (secondary N) is 2. The molecule has 2 N–H and O–H groups in total. The van der Waals surface area contributed by atoms with Crippen molar-refractivity contribution in [2.24, 2.45) is 0 Å². The molecule has 8 nitrogen and oxygen atoms in total. The van der Waals surface area contributed by atoms with Crippen LogP contribution in [0.1, 0.15) is 10.4 Å². The minimum Gasteiger partial charge on any atom is -0.321 e. The van der Waals surface area contributed by atoms with E-state index < -0.39 is 20.9 Å². The van der Waals surface area contributed by atoms with E-state index in [-0.39, 0.29) is 21.8 Å². The van der Waals surface area contributed by atoms with E-state index in [1.54, 1.807) is 36.4 Å². The fraction of sp³-hybridized carbons (Fsp3) is 0. The van der Waals surface area contributed by atoms with Crippen LogP contribution in [0.25, 0.3) is 0 Å². The fourth-order valence-corrected chi connectivity index (χ4v) is 3.79. The number of nitro benzene ring substituents is 1. The molecule has 0 fully saturated rings. The number of rotatable bonds is 6. The number of benzene rings is 3. The van der Waals surface area contributed by atoms with Crippen LogP contribution in [-0.4, -0.2) is 19.2 Å². The van der Waals surface area contributed by atoms with Gasteiger partial charge in [-0.2, -0.15) is 0 Å². The van der Waals surface area contributed by atoms with Gasteiger partial charge in [0.2, 0.25) is 0 Å². The van der Waals surface area contributed by atoms with E-state index in [9.17, 15) is 23.3 Å². The number of non-ortho nitro benzene ring substituents is 1. The first-order valence-corrected chi connectivity index (χ1v) is 10.1. The molecule has 0 aromatic heterocycles. The third-order valence-corrected chi connectivity index (χ3v) is 5.57. The van der Waals surface area contributed by atoms with Crippen LogP contribution in [0.5, 0.6) is 0 Å². The molecule has 0 spiro atoms. The Balaban J connectivity index is 1.91. The van der Waals surface area contributed by atoms with E-state index >= 15 is 0 Å². The van der Waals surface area contributed by atoms with Gasteiger partial charge in [-0.1, -0.05) is 41.9 Å². The Hall–Kier alpha value is -3.43. The summed E-state index contributed by atoms with van der Waals surface area (Å²) >= 11 is 6.04. The molecule has 1 amide bonds. The molecule has 0 aliphatic heterocycles. The monoisotopic (exact) mass is 431 g/mol. The van der Waals surface area contributed by atoms with E-state index in [4.69, 9.17) is 11.6 Å². The molecule has 0 heterocycles. The summed E-state index contributed by atoms with van der Waals surface area (Å²) in [5.74, 6) is -0.574. The van der Waals surface area contributed by atoms with E-state index in [2.05, 4.69) is 10.0 Å². The number of sulfonamides is 1. The van der Waals surface area contributed by atoms with Crippen LogP contribution in [0.2, 0.25) is 5.02 Å². The number of nitrogens with zero attached hydrogens (tertiary/aromatic N) is 1. The number of amides is 1. The van der Waals surface area contributed by atoms with Crippen LogP contribution < -0.4 is 10.0 Å². The van der Waals surface area contributed by atoms with Gasteiger partial charge >= 0.3 is 0 Å². The van der Waals surface area contributed by atoms with Gasteiger partial charge in [-0.25, -0.2) is 8.42 Å². The molecule has 148 valence electrons. The first kappa shape index (κ1) is 20.3. The number of para-hydroxylation sites is 2. The van der Waals surface area contributed by atoms with E-state index in [1.165, 1.54) is 30.3 Å². The lowest BCUT2D eigenvalue weighted by Gasteiger charge is -2.13. The number of halogens is 1. The summed E-state index contributed by atoms with van der Waals surface area (Å²) < 4.78 is 27.7. The molecule has 0 radical (unpaired) electrons. The largest absolute Gasteiger partial charge is 0.321 e. The molecule has 0 aliphatic carbocycles. The Kier molecular flexibility index (Phi) is 5.81. The van der Waals surface area contributed by atoms with Crippen molar-refractivity contribution >= 4 is 44.6 Å².